The molecule has 0 radical (unpaired) electrons. The predicted octanol–water partition coefficient (Wildman–Crippen LogP) is 2.11. The van der Waals surface area contributed by atoms with Gasteiger partial charge in [-0.2, -0.15) is 0 Å². The Hall–Kier alpha value is -1.33. The summed E-state index contributed by atoms with van der Waals surface area (Å²) in [4.78, 5) is 12.2. The molecule has 0 aliphatic heterocycles. The molecule has 0 saturated heterocycles. The van der Waals surface area contributed by atoms with E-state index in [0.29, 0.717) is 18.0 Å². The van der Waals surface area contributed by atoms with Crippen LogP contribution in [-0.4, -0.2) is 25.1 Å². The summed E-state index contributed by atoms with van der Waals surface area (Å²) < 4.78 is 18.2. The average molecular weight is 303 g/mol. The fourth-order valence-electron chi connectivity index (χ4n) is 2.17. The maximum atomic E-state index is 13.3. The Morgan fingerprint density at radius 2 is 2.20 bits per heavy atom. The summed E-state index contributed by atoms with van der Waals surface area (Å²) >= 11 is 0. The molecule has 6 heteroatoms. The molecule has 112 valence electrons. The van der Waals surface area contributed by atoms with Crippen LogP contribution < -0.4 is 15.8 Å². The van der Waals surface area contributed by atoms with Gasteiger partial charge in [0, 0.05) is 12.1 Å². The van der Waals surface area contributed by atoms with Gasteiger partial charge in [-0.3, -0.25) is 4.79 Å². The van der Waals surface area contributed by atoms with E-state index in [1.54, 1.807) is 0 Å². The van der Waals surface area contributed by atoms with E-state index >= 15 is 0 Å². The highest BCUT2D eigenvalue weighted by Gasteiger charge is 2.41. The summed E-state index contributed by atoms with van der Waals surface area (Å²) in [6, 6.07) is 4.07. The molecule has 1 atom stereocenters. The van der Waals surface area contributed by atoms with Crippen molar-refractivity contribution < 1.29 is 13.9 Å². The normalized spacial score (nSPS) is 16.8. The quantitative estimate of drug-likeness (QED) is 0.875. The van der Waals surface area contributed by atoms with E-state index in [2.05, 4.69) is 5.32 Å². The van der Waals surface area contributed by atoms with Gasteiger partial charge in [0.15, 0.2) is 11.6 Å². The van der Waals surface area contributed by atoms with Crippen molar-refractivity contribution in [3.05, 3.63) is 29.6 Å². The number of benzene rings is 1. The van der Waals surface area contributed by atoms with Gasteiger partial charge in [-0.15, -0.1) is 12.4 Å². The van der Waals surface area contributed by atoms with Crippen molar-refractivity contribution in [2.24, 2.45) is 11.7 Å². The molecule has 1 saturated carbocycles. The van der Waals surface area contributed by atoms with E-state index in [-0.39, 0.29) is 24.1 Å². The Bertz CT molecular complexity index is 494. The van der Waals surface area contributed by atoms with Crippen LogP contribution in [-0.2, 0) is 0 Å². The first-order valence-electron chi connectivity index (χ1n) is 6.36. The third-order valence-corrected chi connectivity index (χ3v) is 3.71. The molecule has 0 heterocycles. The fraction of sp³-hybridized carbons (Fsp3) is 0.500. The van der Waals surface area contributed by atoms with Crippen LogP contribution in [0.4, 0.5) is 4.39 Å². The van der Waals surface area contributed by atoms with Crippen molar-refractivity contribution in [2.75, 3.05) is 13.7 Å². The first-order valence-corrected chi connectivity index (χ1v) is 6.36. The minimum absolute atomic E-state index is 0. The van der Waals surface area contributed by atoms with Gasteiger partial charge in [-0.25, -0.2) is 4.39 Å². The number of hydrogen-bond donors (Lipinski definition) is 2. The minimum Gasteiger partial charge on any atom is -0.494 e. The molecule has 1 aliphatic carbocycles. The summed E-state index contributed by atoms with van der Waals surface area (Å²) in [6.45, 7) is 2.34. The molecule has 1 aromatic rings. The number of hydrogen-bond acceptors (Lipinski definition) is 3. The van der Waals surface area contributed by atoms with Crippen molar-refractivity contribution in [2.45, 2.75) is 25.3 Å². The molecule has 1 fully saturated rings. The van der Waals surface area contributed by atoms with Gasteiger partial charge in [-0.05, 0) is 43.9 Å². The minimum atomic E-state index is -0.483. The monoisotopic (exact) mass is 302 g/mol. The zero-order valence-corrected chi connectivity index (χ0v) is 12.4. The lowest BCUT2D eigenvalue weighted by Crippen LogP contribution is -2.53. The second kappa shape index (κ2) is 6.41. The van der Waals surface area contributed by atoms with Gasteiger partial charge in [-0.1, -0.05) is 0 Å². The predicted molar refractivity (Wildman–Crippen MR) is 77.8 cm³/mol. The van der Waals surface area contributed by atoms with Crippen molar-refractivity contribution >= 4 is 18.3 Å². The van der Waals surface area contributed by atoms with Crippen LogP contribution >= 0.6 is 12.4 Å². The molecule has 0 aromatic heterocycles. The van der Waals surface area contributed by atoms with E-state index in [1.807, 2.05) is 6.92 Å². The van der Waals surface area contributed by atoms with E-state index < -0.39 is 11.4 Å². The molecule has 4 nitrogen and oxygen atoms in total. The summed E-state index contributed by atoms with van der Waals surface area (Å²) in [6.07, 6.45) is 2.17. The second-order valence-electron chi connectivity index (χ2n) is 5.20. The van der Waals surface area contributed by atoms with Gasteiger partial charge < -0.3 is 15.8 Å². The number of carbonyl (C=O) groups excluding carboxylic acids is 1. The van der Waals surface area contributed by atoms with Crippen molar-refractivity contribution in [1.82, 2.24) is 5.32 Å². The number of amides is 1. The van der Waals surface area contributed by atoms with E-state index in [1.165, 1.54) is 25.3 Å². The summed E-state index contributed by atoms with van der Waals surface area (Å²) in [7, 11) is 1.37. The third kappa shape index (κ3) is 3.41. The lowest BCUT2D eigenvalue weighted by Gasteiger charge is -2.29. The molecular weight excluding hydrogens is 283 g/mol. The van der Waals surface area contributed by atoms with E-state index in [4.69, 9.17) is 10.5 Å². The van der Waals surface area contributed by atoms with Crippen LogP contribution in [0, 0.1) is 11.7 Å². The van der Waals surface area contributed by atoms with Crippen molar-refractivity contribution in [1.29, 1.82) is 0 Å². The summed E-state index contributed by atoms with van der Waals surface area (Å²) in [5, 5.41) is 2.95. The maximum absolute atomic E-state index is 13.3. The van der Waals surface area contributed by atoms with E-state index in [0.717, 1.165) is 12.8 Å². The molecular formula is C14H20ClFN2O2. The average Bonchev–Trinajstić information content (AvgIpc) is 3.23. The van der Waals surface area contributed by atoms with Crippen molar-refractivity contribution in [3.8, 4) is 5.75 Å². The van der Waals surface area contributed by atoms with Gasteiger partial charge in [0.25, 0.3) is 5.91 Å². The standard InChI is InChI=1S/C14H19FN2O2.ClH/c1-14(8-16,10-4-5-10)17-13(18)9-3-6-11(15)12(7-9)19-2;/h3,6-7,10H,4-5,8,16H2,1-2H3,(H,17,18);1H. The Labute approximate surface area is 124 Å². The lowest BCUT2D eigenvalue weighted by atomic mass is 9.95. The number of rotatable bonds is 5. The largest absolute Gasteiger partial charge is 0.494 e. The van der Waals surface area contributed by atoms with Crippen LogP contribution in [0.5, 0.6) is 5.75 Å². The zero-order valence-electron chi connectivity index (χ0n) is 11.6. The maximum Gasteiger partial charge on any atom is 0.251 e. The van der Waals surface area contributed by atoms with Crippen LogP contribution in [0.2, 0.25) is 0 Å². The first-order chi connectivity index (χ1) is 9.00. The number of ether oxygens (including phenoxy) is 1. The molecule has 3 N–H and O–H groups in total. The van der Waals surface area contributed by atoms with Crippen LogP contribution in [0.1, 0.15) is 30.1 Å². The number of halogens is 2. The number of nitrogens with one attached hydrogen (secondary N) is 1. The second-order valence-corrected chi connectivity index (χ2v) is 5.20. The van der Waals surface area contributed by atoms with Gasteiger partial charge in [0.1, 0.15) is 0 Å². The number of carbonyl (C=O) groups is 1. The fourth-order valence-corrected chi connectivity index (χ4v) is 2.17. The highest BCUT2D eigenvalue weighted by molar-refractivity contribution is 5.95. The zero-order chi connectivity index (χ0) is 14.0. The molecule has 1 aromatic carbocycles. The molecule has 20 heavy (non-hydrogen) atoms. The Morgan fingerprint density at radius 1 is 1.55 bits per heavy atom. The summed E-state index contributed by atoms with van der Waals surface area (Å²) in [5.74, 6) is -0.238. The molecule has 2 rings (SSSR count). The molecule has 0 bridgehead atoms. The SMILES string of the molecule is COc1cc(C(=O)NC(C)(CN)C2CC2)ccc1F.Cl. The highest BCUT2D eigenvalue weighted by Crippen LogP contribution is 2.39. The molecule has 0 spiro atoms. The van der Waals surface area contributed by atoms with Gasteiger partial charge in [0.2, 0.25) is 0 Å². The molecule has 1 amide bonds. The van der Waals surface area contributed by atoms with Gasteiger partial charge >= 0.3 is 0 Å². The third-order valence-electron chi connectivity index (χ3n) is 3.71. The lowest BCUT2D eigenvalue weighted by molar-refractivity contribution is 0.0897. The number of methoxy groups -OCH3 is 1. The highest BCUT2D eigenvalue weighted by atomic mass is 35.5. The molecule has 1 aliphatic rings. The smallest absolute Gasteiger partial charge is 0.251 e. The number of nitrogens with two attached hydrogens (primary N) is 1. The summed E-state index contributed by atoms with van der Waals surface area (Å²) in [5.41, 5.74) is 5.74. The Balaban J connectivity index is 0.00000200. The van der Waals surface area contributed by atoms with Crippen LogP contribution in [0.3, 0.4) is 0 Å². The van der Waals surface area contributed by atoms with E-state index in [9.17, 15) is 9.18 Å². The first kappa shape index (κ1) is 16.7. The van der Waals surface area contributed by atoms with Crippen LogP contribution in [0.25, 0.3) is 0 Å². The Kier molecular flexibility index (Phi) is 5.36. The van der Waals surface area contributed by atoms with Crippen LogP contribution in [0.15, 0.2) is 18.2 Å². The Morgan fingerprint density at radius 3 is 2.70 bits per heavy atom. The van der Waals surface area contributed by atoms with Crippen molar-refractivity contribution in [3.63, 3.8) is 0 Å². The topological polar surface area (TPSA) is 64.3 Å². The molecule has 1 unspecified atom stereocenters. The van der Waals surface area contributed by atoms with Gasteiger partial charge in [0.05, 0.1) is 12.6 Å².